The van der Waals surface area contributed by atoms with Crippen LogP contribution in [-0.2, 0) is 4.79 Å². The van der Waals surface area contributed by atoms with Crippen LogP contribution in [-0.4, -0.2) is 32.1 Å². The van der Waals surface area contributed by atoms with Crippen LogP contribution in [0.15, 0.2) is 36.5 Å². The van der Waals surface area contributed by atoms with Crippen LogP contribution in [0.4, 0.5) is 0 Å². The number of aromatic nitrogens is 3. The standard InChI is InChI=1S/C13H14N4O2/c1-8(18)11-12(14-13(11)19)17-7-10(15-16-17)9-5-3-2-4-6-9/h2-8,11-12,18H,1H3,(H,14,19)/t8-,11-,12-/m1/s1. The molecule has 0 unspecified atom stereocenters. The van der Waals surface area contributed by atoms with Gasteiger partial charge in [0.2, 0.25) is 5.91 Å². The first-order valence-electron chi connectivity index (χ1n) is 6.12. The molecule has 1 saturated heterocycles. The maximum atomic E-state index is 11.4. The van der Waals surface area contributed by atoms with Crippen LogP contribution in [0.2, 0.25) is 0 Å². The van der Waals surface area contributed by atoms with E-state index in [-0.39, 0.29) is 12.1 Å². The molecule has 6 heteroatoms. The molecule has 0 saturated carbocycles. The average molecular weight is 258 g/mol. The molecule has 19 heavy (non-hydrogen) atoms. The Morgan fingerprint density at radius 1 is 1.37 bits per heavy atom. The van der Waals surface area contributed by atoms with Crippen molar-refractivity contribution in [1.82, 2.24) is 20.3 Å². The predicted octanol–water partition coefficient (Wildman–Crippen LogP) is 0.570. The molecular weight excluding hydrogens is 244 g/mol. The van der Waals surface area contributed by atoms with E-state index in [1.54, 1.807) is 17.8 Å². The molecule has 1 fully saturated rings. The van der Waals surface area contributed by atoms with Gasteiger partial charge in [0.1, 0.15) is 17.8 Å². The van der Waals surface area contributed by atoms with E-state index in [9.17, 15) is 9.90 Å². The highest BCUT2D eigenvalue weighted by molar-refractivity contribution is 5.85. The third kappa shape index (κ3) is 2.00. The SMILES string of the molecule is C[C@@H](O)[C@H]1C(=O)N[C@@H]1n1cc(-c2ccccc2)nn1. The second-order valence-electron chi connectivity index (χ2n) is 4.67. The molecule has 1 aliphatic heterocycles. The van der Waals surface area contributed by atoms with Crippen molar-refractivity contribution in [3.05, 3.63) is 36.5 Å². The Kier molecular flexibility index (Phi) is 2.79. The largest absolute Gasteiger partial charge is 0.392 e. The lowest BCUT2D eigenvalue weighted by Gasteiger charge is -2.37. The smallest absolute Gasteiger partial charge is 0.231 e. The topological polar surface area (TPSA) is 80.0 Å². The summed E-state index contributed by atoms with van der Waals surface area (Å²) in [6.07, 6.45) is 0.745. The van der Waals surface area contributed by atoms with Crippen molar-refractivity contribution in [3.8, 4) is 11.3 Å². The van der Waals surface area contributed by atoms with Gasteiger partial charge in [-0.25, -0.2) is 4.68 Å². The van der Waals surface area contributed by atoms with E-state index in [4.69, 9.17) is 0 Å². The Balaban J connectivity index is 1.85. The van der Waals surface area contributed by atoms with Crippen molar-refractivity contribution >= 4 is 5.91 Å². The summed E-state index contributed by atoms with van der Waals surface area (Å²) < 4.78 is 1.58. The summed E-state index contributed by atoms with van der Waals surface area (Å²) in [5.74, 6) is -0.623. The zero-order valence-corrected chi connectivity index (χ0v) is 10.4. The number of carbonyl (C=O) groups is 1. The third-order valence-electron chi connectivity index (χ3n) is 3.32. The van der Waals surface area contributed by atoms with E-state index < -0.39 is 12.0 Å². The normalized spacial score (nSPS) is 23.6. The van der Waals surface area contributed by atoms with Crippen molar-refractivity contribution in [2.45, 2.75) is 19.2 Å². The van der Waals surface area contributed by atoms with E-state index in [0.717, 1.165) is 11.3 Å². The van der Waals surface area contributed by atoms with E-state index in [1.807, 2.05) is 30.3 Å². The second kappa shape index (κ2) is 4.47. The van der Waals surface area contributed by atoms with Gasteiger partial charge in [-0.15, -0.1) is 5.10 Å². The number of hydrogen-bond acceptors (Lipinski definition) is 4. The Hall–Kier alpha value is -2.21. The van der Waals surface area contributed by atoms with Gasteiger partial charge in [-0.05, 0) is 6.92 Å². The highest BCUT2D eigenvalue weighted by atomic mass is 16.3. The fourth-order valence-corrected chi connectivity index (χ4v) is 2.25. The van der Waals surface area contributed by atoms with E-state index >= 15 is 0 Å². The molecule has 0 aliphatic carbocycles. The minimum atomic E-state index is -0.705. The van der Waals surface area contributed by atoms with Gasteiger partial charge in [0.25, 0.3) is 0 Å². The van der Waals surface area contributed by atoms with Gasteiger partial charge in [-0.2, -0.15) is 0 Å². The quantitative estimate of drug-likeness (QED) is 0.789. The number of aliphatic hydroxyl groups excluding tert-OH is 1. The molecule has 0 spiro atoms. The molecule has 98 valence electrons. The molecule has 3 atom stereocenters. The summed E-state index contributed by atoms with van der Waals surface area (Å²) in [7, 11) is 0. The summed E-state index contributed by atoms with van der Waals surface area (Å²) in [5, 5.41) is 20.4. The molecule has 0 radical (unpaired) electrons. The van der Waals surface area contributed by atoms with Crippen LogP contribution in [0.1, 0.15) is 13.1 Å². The molecule has 3 rings (SSSR count). The number of rotatable bonds is 3. The first-order chi connectivity index (χ1) is 9.16. The summed E-state index contributed by atoms with van der Waals surface area (Å²) in [4.78, 5) is 11.4. The van der Waals surface area contributed by atoms with Gasteiger partial charge < -0.3 is 10.4 Å². The lowest BCUT2D eigenvalue weighted by molar-refractivity contribution is -0.145. The minimum absolute atomic E-state index is 0.156. The van der Waals surface area contributed by atoms with Gasteiger partial charge in [0.15, 0.2) is 0 Å². The first-order valence-corrected chi connectivity index (χ1v) is 6.12. The van der Waals surface area contributed by atoms with Crippen molar-refractivity contribution in [2.24, 2.45) is 5.92 Å². The molecule has 6 nitrogen and oxygen atoms in total. The Morgan fingerprint density at radius 3 is 2.74 bits per heavy atom. The molecule has 2 aromatic rings. The lowest BCUT2D eigenvalue weighted by Crippen LogP contribution is -2.58. The number of nitrogens with one attached hydrogen (secondary N) is 1. The van der Waals surface area contributed by atoms with Crippen LogP contribution < -0.4 is 5.32 Å². The van der Waals surface area contributed by atoms with E-state index in [1.165, 1.54) is 0 Å². The van der Waals surface area contributed by atoms with Gasteiger partial charge >= 0.3 is 0 Å². The maximum Gasteiger partial charge on any atom is 0.231 e. The Bertz CT molecular complexity index is 594. The zero-order valence-electron chi connectivity index (χ0n) is 10.4. The number of carbonyl (C=O) groups excluding carboxylic acids is 1. The molecule has 1 aliphatic rings. The highest BCUT2D eigenvalue weighted by Gasteiger charge is 2.44. The number of aliphatic hydroxyl groups is 1. The number of nitrogens with zero attached hydrogens (tertiary/aromatic N) is 3. The summed E-state index contributed by atoms with van der Waals surface area (Å²) in [6, 6.07) is 9.68. The van der Waals surface area contributed by atoms with Gasteiger partial charge in [-0.3, -0.25) is 4.79 Å². The van der Waals surface area contributed by atoms with Crippen molar-refractivity contribution in [1.29, 1.82) is 0 Å². The minimum Gasteiger partial charge on any atom is -0.392 e. The molecule has 2 N–H and O–H groups in total. The number of benzene rings is 1. The number of amides is 1. The fraction of sp³-hybridized carbons (Fsp3) is 0.308. The average Bonchev–Trinajstić information content (AvgIpc) is 2.85. The predicted molar refractivity (Wildman–Crippen MR) is 67.8 cm³/mol. The summed E-state index contributed by atoms with van der Waals surface area (Å²) in [5.41, 5.74) is 1.71. The van der Waals surface area contributed by atoms with Gasteiger partial charge in [-0.1, -0.05) is 35.5 Å². The summed E-state index contributed by atoms with van der Waals surface area (Å²) in [6.45, 7) is 1.60. The zero-order chi connectivity index (χ0) is 13.4. The van der Waals surface area contributed by atoms with Crippen LogP contribution in [0.5, 0.6) is 0 Å². The Labute approximate surface area is 110 Å². The van der Waals surface area contributed by atoms with Gasteiger partial charge in [0, 0.05) is 5.56 Å². The molecule has 1 amide bonds. The van der Waals surface area contributed by atoms with Crippen LogP contribution in [0.3, 0.4) is 0 Å². The van der Waals surface area contributed by atoms with Crippen LogP contribution >= 0.6 is 0 Å². The second-order valence-corrected chi connectivity index (χ2v) is 4.67. The molecule has 0 bridgehead atoms. The molecule has 1 aromatic carbocycles. The maximum absolute atomic E-state index is 11.4. The number of hydrogen-bond donors (Lipinski definition) is 2. The first kappa shape index (κ1) is 11.9. The summed E-state index contributed by atoms with van der Waals surface area (Å²) >= 11 is 0. The fourth-order valence-electron chi connectivity index (χ4n) is 2.25. The molecule has 2 heterocycles. The van der Waals surface area contributed by atoms with Crippen molar-refractivity contribution in [3.63, 3.8) is 0 Å². The van der Waals surface area contributed by atoms with Crippen molar-refractivity contribution in [2.75, 3.05) is 0 Å². The third-order valence-corrected chi connectivity index (χ3v) is 3.32. The number of β-lactam (4-membered cyclic amide) rings is 1. The van der Waals surface area contributed by atoms with Crippen molar-refractivity contribution < 1.29 is 9.90 Å². The van der Waals surface area contributed by atoms with E-state index in [2.05, 4.69) is 15.6 Å². The van der Waals surface area contributed by atoms with Gasteiger partial charge in [0.05, 0.1) is 12.3 Å². The monoisotopic (exact) mass is 258 g/mol. The Morgan fingerprint density at radius 2 is 2.11 bits per heavy atom. The van der Waals surface area contributed by atoms with Crippen LogP contribution in [0, 0.1) is 5.92 Å². The lowest BCUT2D eigenvalue weighted by atomic mass is 9.92. The van der Waals surface area contributed by atoms with Crippen LogP contribution in [0.25, 0.3) is 11.3 Å². The molecule has 1 aromatic heterocycles. The highest BCUT2D eigenvalue weighted by Crippen LogP contribution is 2.28. The molecular formula is C13H14N4O2. The van der Waals surface area contributed by atoms with E-state index in [0.29, 0.717) is 0 Å².